The van der Waals surface area contributed by atoms with Gasteiger partial charge in [0.05, 0.1) is 0 Å². The fourth-order valence-corrected chi connectivity index (χ4v) is 1.70. The number of hydrogen-bond acceptors (Lipinski definition) is 3. The van der Waals surface area contributed by atoms with Crippen molar-refractivity contribution in [2.24, 2.45) is 0 Å². The first kappa shape index (κ1) is 13.3. The number of carboxylic acid groups (broad SMARTS) is 1. The Hall–Kier alpha value is -1.79. The van der Waals surface area contributed by atoms with E-state index in [2.05, 4.69) is 5.32 Å². The topological polar surface area (TPSA) is 90.0 Å². The minimum absolute atomic E-state index is 0.00204. The molecule has 2 N–H and O–H groups in total. The van der Waals surface area contributed by atoms with Crippen LogP contribution in [-0.2, 0) is 9.59 Å². The van der Waals surface area contributed by atoms with Crippen LogP contribution in [-0.4, -0.2) is 65.5 Å². The highest BCUT2D eigenvalue weighted by Gasteiger charge is 2.20. The number of carboxylic acids is 1. The first-order valence-electron chi connectivity index (χ1n) is 5.51. The van der Waals surface area contributed by atoms with E-state index in [-0.39, 0.29) is 12.5 Å². The molecule has 0 aromatic carbocycles. The molecule has 0 unspecified atom stereocenters. The second kappa shape index (κ2) is 6.07. The summed E-state index contributed by atoms with van der Waals surface area (Å²) in [6.07, 6.45) is 0.708. The molecule has 1 heterocycles. The van der Waals surface area contributed by atoms with E-state index in [1.165, 1.54) is 11.8 Å². The van der Waals surface area contributed by atoms with Gasteiger partial charge in [-0.2, -0.15) is 0 Å². The lowest BCUT2D eigenvalue weighted by Crippen LogP contribution is -2.44. The van der Waals surface area contributed by atoms with Crippen molar-refractivity contribution in [3.8, 4) is 0 Å². The highest BCUT2D eigenvalue weighted by atomic mass is 16.4. The maximum atomic E-state index is 11.6. The molecule has 1 saturated heterocycles. The van der Waals surface area contributed by atoms with Gasteiger partial charge in [0.1, 0.15) is 6.54 Å². The maximum absolute atomic E-state index is 11.6. The van der Waals surface area contributed by atoms with E-state index in [1.54, 1.807) is 4.90 Å². The molecule has 1 rings (SSSR count). The summed E-state index contributed by atoms with van der Waals surface area (Å²) in [6.45, 7) is 3.22. The van der Waals surface area contributed by atoms with Crippen molar-refractivity contribution in [2.75, 3.05) is 32.7 Å². The third kappa shape index (κ3) is 4.29. The normalized spacial score (nSPS) is 16.3. The number of carbonyl (C=O) groups excluding carboxylic acids is 2. The van der Waals surface area contributed by atoms with Crippen molar-refractivity contribution in [1.29, 1.82) is 0 Å². The Bertz CT molecular complexity index is 319. The van der Waals surface area contributed by atoms with E-state index in [1.807, 2.05) is 0 Å². The van der Waals surface area contributed by atoms with Crippen LogP contribution in [0.1, 0.15) is 13.3 Å². The molecule has 0 saturated carbocycles. The number of carbonyl (C=O) groups is 3. The highest BCUT2D eigenvalue weighted by Crippen LogP contribution is 2.03. The predicted octanol–water partition coefficient (Wildman–Crippen LogP) is -0.665. The number of aliphatic carboxylic acids is 1. The monoisotopic (exact) mass is 243 g/mol. The first-order chi connectivity index (χ1) is 8.00. The first-order valence-corrected chi connectivity index (χ1v) is 5.51. The lowest BCUT2D eigenvalue weighted by atomic mass is 10.4. The lowest BCUT2D eigenvalue weighted by molar-refractivity contribution is -0.135. The molecule has 0 atom stereocenters. The molecule has 0 aromatic rings. The standard InChI is InChI=1S/C10H17N3O4/c1-8(14)12-3-2-4-13(6-5-12)10(17)11-7-9(15)16/h2-7H2,1H3,(H,11,17)(H,15,16). The Balaban J connectivity index is 2.42. The molecule has 0 spiro atoms. The molecule has 7 nitrogen and oxygen atoms in total. The van der Waals surface area contributed by atoms with Gasteiger partial charge in [-0.05, 0) is 6.42 Å². The van der Waals surface area contributed by atoms with E-state index in [0.29, 0.717) is 32.6 Å². The number of hydrogen-bond donors (Lipinski definition) is 2. The third-order valence-electron chi connectivity index (χ3n) is 2.62. The number of rotatable bonds is 2. The van der Waals surface area contributed by atoms with Crippen LogP contribution in [0.15, 0.2) is 0 Å². The van der Waals surface area contributed by atoms with E-state index >= 15 is 0 Å². The average Bonchev–Trinajstić information content (AvgIpc) is 2.51. The molecule has 0 radical (unpaired) electrons. The lowest BCUT2D eigenvalue weighted by Gasteiger charge is -2.21. The molecular weight excluding hydrogens is 226 g/mol. The molecular formula is C10H17N3O4. The van der Waals surface area contributed by atoms with Crippen LogP contribution in [0, 0.1) is 0 Å². The fraction of sp³-hybridized carbons (Fsp3) is 0.700. The van der Waals surface area contributed by atoms with Gasteiger partial charge < -0.3 is 20.2 Å². The molecule has 7 heteroatoms. The second-order valence-corrected chi connectivity index (χ2v) is 3.90. The summed E-state index contributed by atoms with van der Waals surface area (Å²) in [4.78, 5) is 36.3. The van der Waals surface area contributed by atoms with Crippen molar-refractivity contribution >= 4 is 17.9 Å². The van der Waals surface area contributed by atoms with Gasteiger partial charge in [-0.3, -0.25) is 9.59 Å². The van der Waals surface area contributed by atoms with Gasteiger partial charge in [-0.1, -0.05) is 0 Å². The molecule has 0 aliphatic carbocycles. The third-order valence-corrected chi connectivity index (χ3v) is 2.62. The summed E-state index contributed by atoms with van der Waals surface area (Å²) in [5.41, 5.74) is 0. The van der Waals surface area contributed by atoms with Gasteiger partial charge in [-0.25, -0.2) is 4.79 Å². The second-order valence-electron chi connectivity index (χ2n) is 3.90. The fourth-order valence-electron chi connectivity index (χ4n) is 1.70. The van der Waals surface area contributed by atoms with E-state index in [4.69, 9.17) is 5.11 Å². The van der Waals surface area contributed by atoms with Gasteiger partial charge in [0, 0.05) is 33.1 Å². The molecule has 3 amide bonds. The summed E-state index contributed by atoms with van der Waals surface area (Å²) < 4.78 is 0. The van der Waals surface area contributed by atoms with Crippen LogP contribution in [0.25, 0.3) is 0 Å². The van der Waals surface area contributed by atoms with Gasteiger partial charge in [0.2, 0.25) is 5.91 Å². The van der Waals surface area contributed by atoms with Crippen molar-refractivity contribution in [1.82, 2.24) is 15.1 Å². The Labute approximate surface area is 99.4 Å². The SMILES string of the molecule is CC(=O)N1CCCN(C(=O)NCC(=O)O)CC1. The summed E-state index contributed by atoms with van der Waals surface area (Å²) in [6, 6.07) is -0.391. The molecule has 1 aliphatic heterocycles. The van der Waals surface area contributed by atoms with Crippen molar-refractivity contribution in [3.05, 3.63) is 0 Å². The van der Waals surface area contributed by atoms with Crippen molar-refractivity contribution in [2.45, 2.75) is 13.3 Å². The smallest absolute Gasteiger partial charge is 0.323 e. The maximum Gasteiger partial charge on any atom is 0.323 e. The zero-order valence-electron chi connectivity index (χ0n) is 9.81. The molecule has 1 aliphatic rings. The van der Waals surface area contributed by atoms with E-state index in [9.17, 15) is 14.4 Å². The molecule has 96 valence electrons. The van der Waals surface area contributed by atoms with Crippen LogP contribution in [0.4, 0.5) is 4.79 Å². The van der Waals surface area contributed by atoms with Crippen LogP contribution >= 0.6 is 0 Å². The highest BCUT2D eigenvalue weighted by molar-refractivity contribution is 5.80. The number of amides is 3. The molecule has 17 heavy (non-hydrogen) atoms. The Kier molecular flexibility index (Phi) is 4.74. The summed E-state index contributed by atoms with van der Waals surface area (Å²) in [5.74, 6) is -1.07. The summed E-state index contributed by atoms with van der Waals surface area (Å²) >= 11 is 0. The number of nitrogens with zero attached hydrogens (tertiary/aromatic N) is 2. The largest absolute Gasteiger partial charge is 0.480 e. The zero-order chi connectivity index (χ0) is 12.8. The van der Waals surface area contributed by atoms with Gasteiger partial charge in [-0.15, -0.1) is 0 Å². The van der Waals surface area contributed by atoms with Gasteiger partial charge in [0.15, 0.2) is 0 Å². The molecule has 0 aromatic heterocycles. The summed E-state index contributed by atoms with van der Waals surface area (Å²) in [7, 11) is 0. The van der Waals surface area contributed by atoms with Crippen LogP contribution in [0.5, 0.6) is 0 Å². The van der Waals surface area contributed by atoms with E-state index < -0.39 is 12.0 Å². The van der Waals surface area contributed by atoms with Gasteiger partial charge >= 0.3 is 12.0 Å². The van der Waals surface area contributed by atoms with Crippen LogP contribution in [0.2, 0.25) is 0 Å². The molecule has 0 bridgehead atoms. The van der Waals surface area contributed by atoms with Crippen LogP contribution in [0.3, 0.4) is 0 Å². The predicted molar refractivity (Wildman–Crippen MR) is 59.5 cm³/mol. The minimum Gasteiger partial charge on any atom is -0.480 e. The zero-order valence-corrected chi connectivity index (χ0v) is 9.81. The Morgan fingerprint density at radius 2 is 1.71 bits per heavy atom. The van der Waals surface area contributed by atoms with Crippen LogP contribution < -0.4 is 5.32 Å². The summed E-state index contributed by atoms with van der Waals surface area (Å²) in [5, 5.41) is 10.8. The van der Waals surface area contributed by atoms with E-state index in [0.717, 1.165) is 0 Å². The Morgan fingerprint density at radius 1 is 1.12 bits per heavy atom. The Morgan fingerprint density at radius 3 is 2.29 bits per heavy atom. The van der Waals surface area contributed by atoms with Crippen molar-refractivity contribution in [3.63, 3.8) is 0 Å². The number of nitrogens with one attached hydrogen (secondary N) is 1. The van der Waals surface area contributed by atoms with Gasteiger partial charge in [0.25, 0.3) is 0 Å². The average molecular weight is 243 g/mol. The minimum atomic E-state index is -1.07. The van der Waals surface area contributed by atoms with Crippen molar-refractivity contribution < 1.29 is 19.5 Å². The quantitative estimate of drug-likeness (QED) is 0.673. The molecule has 1 fully saturated rings. The number of urea groups is 1.